The second kappa shape index (κ2) is 6.97. The van der Waals surface area contributed by atoms with Crippen LogP contribution >= 0.6 is 0 Å². The third kappa shape index (κ3) is 4.34. The fraction of sp³-hybridized carbons (Fsp3) is 0.294. The number of benzene rings is 2. The summed E-state index contributed by atoms with van der Waals surface area (Å²) in [5, 5.41) is 8.75. The molecule has 0 saturated carbocycles. The topological polar surface area (TPSA) is 20.2 Å². The van der Waals surface area contributed by atoms with Gasteiger partial charge in [0.15, 0.2) is 0 Å². The molecule has 2 aromatic carbocycles. The predicted octanol–water partition coefficient (Wildman–Crippen LogP) is 4.10. The first-order valence-corrected chi connectivity index (χ1v) is 6.24. The third-order valence-corrected chi connectivity index (χ3v) is 3.18. The zero-order chi connectivity index (χ0) is 13.5. The molecule has 0 aliphatic carbocycles. The van der Waals surface area contributed by atoms with E-state index in [9.17, 15) is 0 Å². The van der Waals surface area contributed by atoms with Crippen molar-refractivity contribution in [3.63, 3.8) is 0 Å². The highest BCUT2D eigenvalue weighted by Gasteiger charge is 1.92. The SMILES string of the molecule is Cc1ccc(CO)cc1C.Cc1ccccc1C. The summed E-state index contributed by atoms with van der Waals surface area (Å²) in [6, 6.07) is 14.3. The Labute approximate surface area is 110 Å². The molecule has 2 aromatic rings. The van der Waals surface area contributed by atoms with Gasteiger partial charge in [-0.25, -0.2) is 0 Å². The molecule has 0 atom stereocenters. The van der Waals surface area contributed by atoms with Crippen LogP contribution in [0.4, 0.5) is 0 Å². The van der Waals surface area contributed by atoms with E-state index in [1.165, 1.54) is 22.3 Å². The summed E-state index contributed by atoms with van der Waals surface area (Å²) < 4.78 is 0. The van der Waals surface area contributed by atoms with Gasteiger partial charge in [0.2, 0.25) is 0 Å². The minimum atomic E-state index is 0.140. The Balaban J connectivity index is 0.000000184. The van der Waals surface area contributed by atoms with E-state index in [0.717, 1.165) is 5.56 Å². The predicted molar refractivity (Wildman–Crippen MR) is 77.8 cm³/mol. The first-order chi connectivity index (χ1) is 8.54. The summed E-state index contributed by atoms with van der Waals surface area (Å²) in [7, 11) is 0. The smallest absolute Gasteiger partial charge is 0.0681 e. The fourth-order valence-electron chi connectivity index (χ4n) is 1.56. The average Bonchev–Trinajstić information content (AvgIpc) is 2.37. The first kappa shape index (κ1) is 14.5. The van der Waals surface area contributed by atoms with Crippen LogP contribution in [0, 0.1) is 27.7 Å². The minimum absolute atomic E-state index is 0.140. The standard InChI is InChI=1S/C9H12O.C8H10/c1-7-3-4-9(6-10)5-8(7)2;1-7-5-3-4-6-8(7)2/h3-5,10H,6H2,1-2H3;3-6H,1-2H3. The van der Waals surface area contributed by atoms with Gasteiger partial charge in [-0.05, 0) is 55.5 Å². The van der Waals surface area contributed by atoms with Crippen molar-refractivity contribution in [2.75, 3.05) is 0 Å². The zero-order valence-corrected chi connectivity index (χ0v) is 11.7. The number of aliphatic hydroxyl groups excluding tert-OH is 1. The monoisotopic (exact) mass is 242 g/mol. The lowest BCUT2D eigenvalue weighted by Crippen LogP contribution is -1.86. The molecule has 1 N–H and O–H groups in total. The normalized spacial score (nSPS) is 9.61. The van der Waals surface area contributed by atoms with E-state index >= 15 is 0 Å². The van der Waals surface area contributed by atoms with Gasteiger partial charge < -0.3 is 5.11 Å². The molecule has 0 fully saturated rings. The molecule has 0 saturated heterocycles. The maximum atomic E-state index is 8.75. The Morgan fingerprint density at radius 1 is 0.722 bits per heavy atom. The molecule has 0 aliphatic rings. The average molecular weight is 242 g/mol. The highest BCUT2D eigenvalue weighted by molar-refractivity contribution is 5.29. The zero-order valence-electron chi connectivity index (χ0n) is 11.7. The minimum Gasteiger partial charge on any atom is -0.392 e. The largest absolute Gasteiger partial charge is 0.392 e. The summed E-state index contributed by atoms with van der Waals surface area (Å²) in [4.78, 5) is 0. The van der Waals surface area contributed by atoms with Crippen LogP contribution in [0.2, 0.25) is 0 Å². The molecule has 1 nitrogen and oxygen atoms in total. The first-order valence-electron chi connectivity index (χ1n) is 6.24. The summed E-state index contributed by atoms with van der Waals surface area (Å²) in [5.41, 5.74) is 6.24. The van der Waals surface area contributed by atoms with Gasteiger partial charge in [-0.3, -0.25) is 0 Å². The second-order valence-corrected chi connectivity index (χ2v) is 4.66. The number of hydrogen-bond donors (Lipinski definition) is 1. The number of hydrogen-bond acceptors (Lipinski definition) is 1. The van der Waals surface area contributed by atoms with E-state index in [1.54, 1.807) is 0 Å². The Hall–Kier alpha value is -1.60. The molecular weight excluding hydrogens is 220 g/mol. The van der Waals surface area contributed by atoms with E-state index in [4.69, 9.17) is 5.11 Å². The van der Waals surface area contributed by atoms with Crippen LogP contribution < -0.4 is 0 Å². The summed E-state index contributed by atoms with van der Waals surface area (Å²) in [5.74, 6) is 0. The molecule has 0 unspecified atom stereocenters. The summed E-state index contributed by atoms with van der Waals surface area (Å²) in [6.45, 7) is 8.50. The Bertz CT molecular complexity index is 480. The van der Waals surface area contributed by atoms with Crippen molar-refractivity contribution in [3.05, 3.63) is 70.3 Å². The van der Waals surface area contributed by atoms with E-state index in [1.807, 2.05) is 18.2 Å². The van der Waals surface area contributed by atoms with Crippen molar-refractivity contribution >= 4 is 0 Å². The Morgan fingerprint density at radius 3 is 1.61 bits per heavy atom. The lowest BCUT2D eigenvalue weighted by atomic mass is 10.1. The van der Waals surface area contributed by atoms with E-state index in [2.05, 4.69) is 52.0 Å². The molecule has 0 heterocycles. The Morgan fingerprint density at radius 2 is 1.22 bits per heavy atom. The van der Waals surface area contributed by atoms with Crippen molar-refractivity contribution in [2.24, 2.45) is 0 Å². The molecule has 1 heteroatoms. The van der Waals surface area contributed by atoms with E-state index < -0.39 is 0 Å². The number of aliphatic hydroxyl groups is 1. The van der Waals surface area contributed by atoms with Gasteiger partial charge in [-0.2, -0.15) is 0 Å². The highest BCUT2D eigenvalue weighted by Crippen LogP contribution is 2.08. The molecule has 0 aliphatic heterocycles. The van der Waals surface area contributed by atoms with Crippen molar-refractivity contribution in [1.29, 1.82) is 0 Å². The van der Waals surface area contributed by atoms with Gasteiger partial charge in [0, 0.05) is 0 Å². The van der Waals surface area contributed by atoms with Gasteiger partial charge in [0.1, 0.15) is 0 Å². The molecule has 0 radical (unpaired) electrons. The van der Waals surface area contributed by atoms with Crippen molar-refractivity contribution in [2.45, 2.75) is 34.3 Å². The maximum Gasteiger partial charge on any atom is 0.0681 e. The van der Waals surface area contributed by atoms with Crippen molar-refractivity contribution in [1.82, 2.24) is 0 Å². The lowest BCUT2D eigenvalue weighted by Gasteiger charge is -2.00. The number of rotatable bonds is 1. The third-order valence-electron chi connectivity index (χ3n) is 3.18. The Kier molecular flexibility index (Phi) is 5.60. The van der Waals surface area contributed by atoms with Crippen LogP contribution in [0.3, 0.4) is 0 Å². The molecular formula is C17H22O. The molecule has 0 aromatic heterocycles. The maximum absolute atomic E-state index is 8.75. The van der Waals surface area contributed by atoms with Crippen LogP contribution in [0.1, 0.15) is 27.8 Å². The van der Waals surface area contributed by atoms with Gasteiger partial charge in [-0.15, -0.1) is 0 Å². The molecule has 18 heavy (non-hydrogen) atoms. The summed E-state index contributed by atoms with van der Waals surface area (Å²) >= 11 is 0. The van der Waals surface area contributed by atoms with Crippen LogP contribution in [0.5, 0.6) is 0 Å². The van der Waals surface area contributed by atoms with Crippen molar-refractivity contribution < 1.29 is 5.11 Å². The van der Waals surface area contributed by atoms with E-state index in [-0.39, 0.29) is 6.61 Å². The lowest BCUT2D eigenvalue weighted by molar-refractivity contribution is 0.282. The van der Waals surface area contributed by atoms with Crippen LogP contribution in [0.15, 0.2) is 42.5 Å². The number of aryl methyl sites for hydroxylation is 4. The highest BCUT2D eigenvalue weighted by atomic mass is 16.3. The molecule has 0 amide bonds. The van der Waals surface area contributed by atoms with E-state index in [0.29, 0.717) is 0 Å². The summed E-state index contributed by atoms with van der Waals surface area (Å²) in [6.07, 6.45) is 0. The van der Waals surface area contributed by atoms with Gasteiger partial charge in [0.25, 0.3) is 0 Å². The van der Waals surface area contributed by atoms with Gasteiger partial charge >= 0.3 is 0 Å². The molecule has 0 spiro atoms. The van der Waals surface area contributed by atoms with Gasteiger partial charge in [-0.1, -0.05) is 42.5 Å². The molecule has 96 valence electrons. The fourth-order valence-corrected chi connectivity index (χ4v) is 1.56. The quantitative estimate of drug-likeness (QED) is 0.798. The molecule has 0 bridgehead atoms. The van der Waals surface area contributed by atoms with Crippen LogP contribution in [0.25, 0.3) is 0 Å². The second-order valence-electron chi connectivity index (χ2n) is 4.66. The van der Waals surface area contributed by atoms with Gasteiger partial charge in [0.05, 0.1) is 6.61 Å². The van der Waals surface area contributed by atoms with Crippen LogP contribution in [-0.2, 0) is 6.61 Å². The molecule has 2 rings (SSSR count). The van der Waals surface area contributed by atoms with Crippen molar-refractivity contribution in [3.8, 4) is 0 Å². The van der Waals surface area contributed by atoms with Crippen LogP contribution in [-0.4, -0.2) is 5.11 Å².